The maximum absolute atomic E-state index is 11.7. The van der Waals surface area contributed by atoms with Crippen LogP contribution in [0.15, 0.2) is 42.5 Å². The molecule has 0 aliphatic carbocycles. The predicted molar refractivity (Wildman–Crippen MR) is 77.7 cm³/mol. The molecule has 0 spiro atoms. The third kappa shape index (κ3) is 4.22. The van der Waals surface area contributed by atoms with Crippen molar-refractivity contribution in [3.05, 3.63) is 48.0 Å². The molecule has 98 valence electrons. The lowest BCUT2D eigenvalue weighted by Gasteiger charge is -2.26. The van der Waals surface area contributed by atoms with Gasteiger partial charge in [0.2, 0.25) is 0 Å². The fourth-order valence-corrected chi connectivity index (χ4v) is 2.80. The Bertz CT molecular complexity index is 418. The van der Waals surface area contributed by atoms with E-state index >= 15 is 0 Å². The van der Waals surface area contributed by atoms with Crippen molar-refractivity contribution in [1.29, 1.82) is 0 Å². The number of rotatable bonds is 4. The first kappa shape index (κ1) is 14.8. The predicted octanol–water partition coefficient (Wildman–Crippen LogP) is 3.99. The Balaban J connectivity index is 3.03. The van der Waals surface area contributed by atoms with Gasteiger partial charge in [-0.05, 0) is 5.56 Å². The van der Waals surface area contributed by atoms with Crippen LogP contribution in [0, 0.1) is 0 Å². The molecule has 0 saturated carbocycles. The number of carbonyl (C=O) groups is 1. The van der Waals surface area contributed by atoms with E-state index in [-0.39, 0.29) is 16.0 Å². The first-order valence-electron chi connectivity index (χ1n) is 5.85. The van der Waals surface area contributed by atoms with Crippen LogP contribution in [-0.2, 0) is 9.53 Å². The largest absolute Gasteiger partial charge is 0.466 e. The molecule has 0 radical (unpaired) electrons. The highest BCUT2D eigenvalue weighted by molar-refractivity contribution is 8.01. The summed E-state index contributed by atoms with van der Waals surface area (Å²) in [5, 5.41) is -0.0707. The van der Waals surface area contributed by atoms with Crippen LogP contribution in [0.4, 0.5) is 0 Å². The molecule has 1 aromatic rings. The van der Waals surface area contributed by atoms with Gasteiger partial charge >= 0.3 is 5.97 Å². The monoisotopic (exact) mass is 264 g/mol. The van der Waals surface area contributed by atoms with E-state index in [9.17, 15) is 4.79 Å². The Hall–Kier alpha value is -1.22. The van der Waals surface area contributed by atoms with Crippen LogP contribution >= 0.6 is 11.8 Å². The van der Waals surface area contributed by atoms with Gasteiger partial charge < -0.3 is 4.74 Å². The second-order valence-corrected chi connectivity index (χ2v) is 6.97. The van der Waals surface area contributed by atoms with Gasteiger partial charge in [-0.3, -0.25) is 0 Å². The molecule has 18 heavy (non-hydrogen) atoms. The van der Waals surface area contributed by atoms with E-state index in [4.69, 9.17) is 4.74 Å². The zero-order valence-electron chi connectivity index (χ0n) is 11.4. The summed E-state index contributed by atoms with van der Waals surface area (Å²) < 4.78 is 4.82. The first-order valence-corrected chi connectivity index (χ1v) is 6.73. The molecule has 0 heterocycles. The Kier molecular flexibility index (Phi) is 5.03. The number of ether oxygens (including phenoxy) is 1. The van der Waals surface area contributed by atoms with E-state index in [1.807, 2.05) is 30.3 Å². The van der Waals surface area contributed by atoms with Crippen molar-refractivity contribution < 1.29 is 9.53 Å². The minimum absolute atomic E-state index is 0.0392. The third-order valence-corrected chi connectivity index (χ3v) is 3.84. The quantitative estimate of drug-likeness (QED) is 0.607. The summed E-state index contributed by atoms with van der Waals surface area (Å²) in [6.45, 7) is 10.3. The van der Waals surface area contributed by atoms with Crippen LogP contribution in [0.5, 0.6) is 0 Å². The van der Waals surface area contributed by atoms with Gasteiger partial charge in [0.1, 0.15) is 0 Å². The van der Waals surface area contributed by atoms with Crippen molar-refractivity contribution in [2.24, 2.45) is 0 Å². The van der Waals surface area contributed by atoms with Crippen LogP contribution in [0.3, 0.4) is 0 Å². The van der Waals surface area contributed by atoms with E-state index in [0.717, 1.165) is 5.56 Å². The van der Waals surface area contributed by atoms with E-state index in [1.54, 1.807) is 11.8 Å². The maximum Gasteiger partial charge on any atom is 0.334 e. The normalized spacial score (nSPS) is 12.9. The van der Waals surface area contributed by atoms with Crippen LogP contribution in [0.1, 0.15) is 31.6 Å². The molecule has 1 aromatic carbocycles. The Morgan fingerprint density at radius 2 is 1.83 bits per heavy atom. The topological polar surface area (TPSA) is 26.3 Å². The second-order valence-electron chi connectivity index (χ2n) is 5.04. The lowest BCUT2D eigenvalue weighted by Crippen LogP contribution is -2.16. The van der Waals surface area contributed by atoms with Gasteiger partial charge in [0, 0.05) is 10.3 Å². The summed E-state index contributed by atoms with van der Waals surface area (Å²) >= 11 is 1.71. The summed E-state index contributed by atoms with van der Waals surface area (Å²) in [7, 11) is 1.39. The number of esters is 1. The molecule has 1 rings (SSSR count). The van der Waals surface area contributed by atoms with E-state index in [0.29, 0.717) is 5.57 Å². The second kappa shape index (κ2) is 6.10. The van der Waals surface area contributed by atoms with Crippen molar-refractivity contribution in [3.63, 3.8) is 0 Å². The molecule has 0 unspecified atom stereocenters. The molecule has 3 heteroatoms. The minimum atomic E-state index is -0.347. The summed E-state index contributed by atoms with van der Waals surface area (Å²) in [6.07, 6.45) is 0. The molecule has 0 N–H and O–H groups in total. The first-order chi connectivity index (χ1) is 8.35. The molecule has 1 atom stereocenters. The van der Waals surface area contributed by atoms with Crippen molar-refractivity contribution in [2.75, 3.05) is 7.11 Å². The minimum Gasteiger partial charge on any atom is -0.466 e. The van der Waals surface area contributed by atoms with Gasteiger partial charge in [-0.25, -0.2) is 4.79 Å². The van der Waals surface area contributed by atoms with Crippen LogP contribution in [0.2, 0.25) is 0 Å². The number of benzene rings is 1. The Labute approximate surface area is 113 Å². The highest BCUT2D eigenvalue weighted by Gasteiger charge is 2.27. The SMILES string of the molecule is C=C(C(=O)OC)[C@@H](SC(C)(C)C)c1ccccc1. The summed E-state index contributed by atoms with van der Waals surface area (Å²) in [6, 6.07) is 9.92. The van der Waals surface area contributed by atoms with Crippen LogP contribution in [-0.4, -0.2) is 17.8 Å². The average molecular weight is 264 g/mol. The lowest BCUT2D eigenvalue weighted by molar-refractivity contribution is -0.136. The Morgan fingerprint density at radius 3 is 2.28 bits per heavy atom. The van der Waals surface area contributed by atoms with E-state index in [1.165, 1.54) is 7.11 Å². The van der Waals surface area contributed by atoms with Crippen LogP contribution in [0.25, 0.3) is 0 Å². The third-order valence-electron chi connectivity index (χ3n) is 2.34. The summed E-state index contributed by atoms with van der Waals surface area (Å²) in [5.74, 6) is -0.347. The number of thioether (sulfide) groups is 1. The van der Waals surface area contributed by atoms with E-state index < -0.39 is 0 Å². The molecular weight excluding hydrogens is 244 g/mol. The van der Waals surface area contributed by atoms with Gasteiger partial charge in [-0.15, -0.1) is 11.8 Å². The van der Waals surface area contributed by atoms with Gasteiger partial charge in [0.05, 0.1) is 12.4 Å². The zero-order chi connectivity index (χ0) is 13.8. The number of methoxy groups -OCH3 is 1. The van der Waals surface area contributed by atoms with Crippen molar-refractivity contribution in [3.8, 4) is 0 Å². The number of hydrogen-bond donors (Lipinski definition) is 0. The van der Waals surface area contributed by atoms with Gasteiger partial charge in [0.15, 0.2) is 0 Å². The fraction of sp³-hybridized carbons (Fsp3) is 0.400. The molecule has 0 saturated heterocycles. The number of hydrogen-bond acceptors (Lipinski definition) is 3. The van der Waals surface area contributed by atoms with Crippen LogP contribution < -0.4 is 0 Å². The van der Waals surface area contributed by atoms with Crippen molar-refractivity contribution >= 4 is 17.7 Å². The summed E-state index contributed by atoms with van der Waals surface area (Å²) in [5.41, 5.74) is 1.57. The molecular formula is C15H20O2S. The van der Waals surface area contributed by atoms with Gasteiger partial charge in [-0.2, -0.15) is 0 Å². The zero-order valence-corrected chi connectivity index (χ0v) is 12.2. The molecule has 0 bridgehead atoms. The Morgan fingerprint density at radius 1 is 1.28 bits per heavy atom. The van der Waals surface area contributed by atoms with Gasteiger partial charge in [-0.1, -0.05) is 57.7 Å². The molecule has 0 amide bonds. The highest BCUT2D eigenvalue weighted by atomic mass is 32.2. The van der Waals surface area contributed by atoms with Crippen molar-refractivity contribution in [2.45, 2.75) is 30.8 Å². The average Bonchev–Trinajstić information content (AvgIpc) is 2.34. The number of carbonyl (C=O) groups excluding carboxylic acids is 1. The standard InChI is InChI=1S/C15H20O2S/c1-11(14(16)17-5)13(18-15(2,3)4)12-9-7-6-8-10-12/h6-10,13H,1H2,2-5H3/t13-/m1/s1. The van der Waals surface area contributed by atoms with Gasteiger partial charge in [0.25, 0.3) is 0 Å². The van der Waals surface area contributed by atoms with E-state index in [2.05, 4.69) is 27.4 Å². The highest BCUT2D eigenvalue weighted by Crippen LogP contribution is 2.42. The molecule has 0 aliphatic rings. The molecule has 0 aromatic heterocycles. The molecule has 2 nitrogen and oxygen atoms in total. The molecule has 0 aliphatic heterocycles. The lowest BCUT2D eigenvalue weighted by atomic mass is 10.1. The fourth-order valence-electron chi connectivity index (χ4n) is 1.56. The summed E-state index contributed by atoms with van der Waals surface area (Å²) in [4.78, 5) is 11.7. The van der Waals surface area contributed by atoms with Crippen molar-refractivity contribution in [1.82, 2.24) is 0 Å². The molecule has 0 fully saturated rings. The smallest absolute Gasteiger partial charge is 0.334 e. The maximum atomic E-state index is 11.7.